The average Bonchev–Trinajstić information content (AvgIpc) is 3.34. The van der Waals surface area contributed by atoms with Gasteiger partial charge >= 0.3 is 5.97 Å². The molecule has 7 heteroatoms. The van der Waals surface area contributed by atoms with Crippen LogP contribution in [0.2, 0.25) is 0 Å². The highest BCUT2D eigenvalue weighted by Gasteiger charge is 2.13. The molecule has 0 aliphatic carbocycles. The number of unbranched alkanes of at least 4 members (excludes halogenated alkanes) is 1. The molecule has 0 spiro atoms. The number of imidazole rings is 1. The van der Waals surface area contributed by atoms with Crippen molar-refractivity contribution in [2.45, 2.75) is 19.3 Å². The second kappa shape index (κ2) is 8.45. The third kappa shape index (κ3) is 4.46. The van der Waals surface area contributed by atoms with Crippen LogP contribution in [0.15, 0.2) is 53.9 Å². The van der Waals surface area contributed by atoms with E-state index in [9.17, 15) is 9.18 Å². The van der Waals surface area contributed by atoms with Crippen LogP contribution in [-0.2, 0) is 4.79 Å². The molecular formula is C22H19FN2O3S. The van der Waals surface area contributed by atoms with E-state index in [-0.39, 0.29) is 12.2 Å². The average molecular weight is 410 g/mol. The summed E-state index contributed by atoms with van der Waals surface area (Å²) in [6.45, 7) is 0.471. The Morgan fingerprint density at radius 3 is 2.76 bits per heavy atom. The topological polar surface area (TPSA) is 75.2 Å². The Morgan fingerprint density at radius 2 is 1.97 bits per heavy atom. The van der Waals surface area contributed by atoms with Crippen molar-refractivity contribution in [1.29, 1.82) is 0 Å². The molecule has 0 saturated carbocycles. The van der Waals surface area contributed by atoms with Crippen molar-refractivity contribution in [2.24, 2.45) is 0 Å². The lowest BCUT2D eigenvalue weighted by molar-refractivity contribution is -0.137. The van der Waals surface area contributed by atoms with Gasteiger partial charge in [-0.05, 0) is 54.1 Å². The number of carboxylic acids is 1. The number of H-pyrrole nitrogens is 1. The normalized spacial score (nSPS) is 11.1. The Morgan fingerprint density at radius 1 is 1.14 bits per heavy atom. The molecule has 2 aromatic heterocycles. The number of benzene rings is 2. The van der Waals surface area contributed by atoms with Crippen molar-refractivity contribution < 1.29 is 19.0 Å². The summed E-state index contributed by atoms with van der Waals surface area (Å²) >= 11 is 1.59. The molecule has 0 aliphatic rings. The zero-order valence-electron chi connectivity index (χ0n) is 15.5. The number of halogens is 1. The van der Waals surface area contributed by atoms with Gasteiger partial charge in [0.1, 0.15) is 17.4 Å². The fraction of sp³-hybridized carbons (Fsp3) is 0.182. The smallest absolute Gasteiger partial charge is 0.303 e. The van der Waals surface area contributed by atoms with Gasteiger partial charge in [-0.15, -0.1) is 11.3 Å². The Bertz CT molecular complexity index is 1130. The summed E-state index contributed by atoms with van der Waals surface area (Å²) in [5, 5.41) is 10.7. The molecule has 0 atom stereocenters. The zero-order valence-corrected chi connectivity index (χ0v) is 16.3. The summed E-state index contributed by atoms with van der Waals surface area (Å²) in [4.78, 5) is 19.6. The van der Waals surface area contributed by atoms with Gasteiger partial charge < -0.3 is 14.8 Å². The molecule has 2 heterocycles. The van der Waals surface area contributed by atoms with Crippen LogP contribution < -0.4 is 4.74 Å². The van der Waals surface area contributed by atoms with Crippen molar-refractivity contribution >= 4 is 28.3 Å². The van der Waals surface area contributed by atoms with Gasteiger partial charge in [0, 0.05) is 22.9 Å². The number of thiophene rings is 1. The van der Waals surface area contributed by atoms with Crippen LogP contribution in [0.3, 0.4) is 0 Å². The second-order valence-electron chi connectivity index (χ2n) is 6.63. The molecule has 0 amide bonds. The summed E-state index contributed by atoms with van der Waals surface area (Å²) in [6, 6.07) is 14.1. The number of hydrogen-bond donors (Lipinski definition) is 2. The van der Waals surface area contributed by atoms with Gasteiger partial charge in [-0.3, -0.25) is 4.79 Å². The van der Waals surface area contributed by atoms with Gasteiger partial charge in [0.15, 0.2) is 0 Å². The number of nitrogens with zero attached hydrogens (tertiary/aromatic N) is 1. The standard InChI is InChI=1S/C22H19FN2O3S/c23-15-6-4-14(5-7-15)21-17(10-12-29-21)22-24-18-9-8-16(13-19(18)25-22)28-11-2-1-3-20(26)27/h4-10,12-13H,1-3,11H2,(H,24,25)(H,26,27). The van der Waals surface area contributed by atoms with Crippen LogP contribution in [0, 0.1) is 5.82 Å². The van der Waals surface area contributed by atoms with Crippen LogP contribution in [0.5, 0.6) is 5.75 Å². The summed E-state index contributed by atoms with van der Waals surface area (Å²) < 4.78 is 19.0. The zero-order chi connectivity index (χ0) is 20.2. The molecule has 0 aliphatic heterocycles. The lowest BCUT2D eigenvalue weighted by atomic mass is 10.1. The van der Waals surface area contributed by atoms with E-state index in [1.54, 1.807) is 23.5 Å². The van der Waals surface area contributed by atoms with E-state index in [4.69, 9.17) is 9.84 Å². The molecule has 148 valence electrons. The number of aromatic amines is 1. The minimum absolute atomic E-state index is 0.156. The number of rotatable bonds is 8. The molecule has 4 aromatic rings. The fourth-order valence-electron chi connectivity index (χ4n) is 3.09. The number of aliphatic carboxylic acids is 1. The van der Waals surface area contributed by atoms with E-state index in [2.05, 4.69) is 9.97 Å². The molecule has 4 rings (SSSR count). The van der Waals surface area contributed by atoms with Crippen LogP contribution in [0.4, 0.5) is 4.39 Å². The Balaban J connectivity index is 1.52. The van der Waals surface area contributed by atoms with E-state index in [1.165, 1.54) is 12.1 Å². The lowest BCUT2D eigenvalue weighted by Crippen LogP contribution is -2.00. The number of ether oxygens (including phenoxy) is 1. The summed E-state index contributed by atoms with van der Waals surface area (Å²) in [5.41, 5.74) is 3.60. The third-order valence-electron chi connectivity index (χ3n) is 4.53. The predicted octanol–water partition coefficient (Wildman–Crippen LogP) is 5.73. The number of carbonyl (C=O) groups is 1. The molecular weight excluding hydrogens is 391 g/mol. The maximum absolute atomic E-state index is 13.2. The molecule has 0 bridgehead atoms. The number of carboxylic acid groups (broad SMARTS) is 1. The first kappa shape index (κ1) is 19.1. The number of hydrogen-bond acceptors (Lipinski definition) is 4. The van der Waals surface area contributed by atoms with E-state index in [1.807, 2.05) is 29.6 Å². The molecule has 2 aromatic carbocycles. The van der Waals surface area contributed by atoms with Gasteiger partial charge in [0.25, 0.3) is 0 Å². The first-order valence-corrected chi connectivity index (χ1v) is 10.2. The Hall–Kier alpha value is -3.19. The van der Waals surface area contributed by atoms with Crippen molar-refractivity contribution in [3.05, 3.63) is 59.7 Å². The maximum Gasteiger partial charge on any atom is 0.303 e. The van der Waals surface area contributed by atoms with Gasteiger partial charge in [-0.25, -0.2) is 9.37 Å². The predicted molar refractivity (Wildman–Crippen MR) is 112 cm³/mol. The quantitative estimate of drug-likeness (QED) is 0.364. The van der Waals surface area contributed by atoms with Gasteiger partial charge in [-0.1, -0.05) is 12.1 Å². The van der Waals surface area contributed by atoms with E-state index in [0.29, 0.717) is 25.2 Å². The minimum atomic E-state index is -0.787. The van der Waals surface area contributed by atoms with E-state index in [0.717, 1.165) is 32.9 Å². The molecule has 29 heavy (non-hydrogen) atoms. The Labute approximate surface area is 170 Å². The van der Waals surface area contributed by atoms with Gasteiger partial charge in [0.2, 0.25) is 0 Å². The van der Waals surface area contributed by atoms with Crippen LogP contribution in [0.25, 0.3) is 32.9 Å². The van der Waals surface area contributed by atoms with Crippen LogP contribution in [0.1, 0.15) is 19.3 Å². The summed E-state index contributed by atoms with van der Waals surface area (Å²) in [6.07, 6.45) is 1.44. The highest BCUT2D eigenvalue weighted by atomic mass is 32.1. The monoisotopic (exact) mass is 410 g/mol. The minimum Gasteiger partial charge on any atom is -0.494 e. The molecule has 0 fully saturated rings. The van der Waals surface area contributed by atoms with Crippen molar-refractivity contribution in [2.75, 3.05) is 6.61 Å². The molecule has 5 nitrogen and oxygen atoms in total. The first-order valence-electron chi connectivity index (χ1n) is 9.28. The summed E-state index contributed by atoms with van der Waals surface area (Å²) in [5.74, 6) is 0.419. The van der Waals surface area contributed by atoms with Crippen LogP contribution >= 0.6 is 11.3 Å². The number of nitrogens with one attached hydrogen (secondary N) is 1. The molecule has 0 radical (unpaired) electrons. The summed E-state index contributed by atoms with van der Waals surface area (Å²) in [7, 11) is 0. The highest BCUT2D eigenvalue weighted by molar-refractivity contribution is 7.14. The lowest BCUT2D eigenvalue weighted by Gasteiger charge is -2.05. The molecule has 0 unspecified atom stereocenters. The largest absolute Gasteiger partial charge is 0.494 e. The van der Waals surface area contributed by atoms with E-state index < -0.39 is 5.97 Å². The molecule has 2 N–H and O–H groups in total. The SMILES string of the molecule is O=C(O)CCCCOc1ccc2nc(-c3ccsc3-c3ccc(F)cc3)[nH]c2c1. The number of fused-ring (bicyclic) bond motifs is 1. The van der Waals surface area contributed by atoms with Crippen molar-refractivity contribution in [3.8, 4) is 27.6 Å². The van der Waals surface area contributed by atoms with E-state index >= 15 is 0 Å². The van der Waals surface area contributed by atoms with Crippen molar-refractivity contribution in [3.63, 3.8) is 0 Å². The third-order valence-corrected chi connectivity index (χ3v) is 5.50. The maximum atomic E-state index is 13.2. The first-order chi connectivity index (χ1) is 14.1. The fourth-order valence-corrected chi connectivity index (χ4v) is 4.00. The Kier molecular flexibility index (Phi) is 5.57. The molecule has 0 saturated heterocycles. The van der Waals surface area contributed by atoms with Gasteiger partial charge in [0.05, 0.1) is 17.6 Å². The van der Waals surface area contributed by atoms with Crippen molar-refractivity contribution in [1.82, 2.24) is 9.97 Å². The van der Waals surface area contributed by atoms with Crippen LogP contribution in [-0.4, -0.2) is 27.7 Å². The van der Waals surface area contributed by atoms with Gasteiger partial charge in [-0.2, -0.15) is 0 Å². The number of aromatic nitrogens is 2. The second-order valence-corrected chi connectivity index (χ2v) is 7.55. The highest BCUT2D eigenvalue weighted by Crippen LogP contribution is 2.36.